The van der Waals surface area contributed by atoms with E-state index in [0.29, 0.717) is 12.4 Å². The highest BCUT2D eigenvalue weighted by molar-refractivity contribution is 5.27. The molecule has 2 rings (SSSR count). The Morgan fingerprint density at radius 2 is 2.29 bits per heavy atom. The molecule has 0 radical (unpaired) electrons. The third-order valence-corrected chi connectivity index (χ3v) is 2.36. The fraction of sp³-hybridized carbons (Fsp3) is 0.250. The molecule has 2 heterocycles. The van der Waals surface area contributed by atoms with Crippen molar-refractivity contribution in [3.63, 3.8) is 0 Å². The SMILES string of the molecule is COc1cc(C)nc(Cn2ccnc2C#N)c1. The number of methoxy groups -OCH3 is 1. The highest BCUT2D eigenvalue weighted by Crippen LogP contribution is 2.14. The molecule has 2 aromatic rings. The number of ether oxygens (including phenoxy) is 1. The molecule has 0 bridgehead atoms. The fourth-order valence-electron chi connectivity index (χ4n) is 1.63. The van der Waals surface area contributed by atoms with E-state index in [1.54, 1.807) is 24.1 Å². The summed E-state index contributed by atoms with van der Waals surface area (Å²) in [6.45, 7) is 2.42. The van der Waals surface area contributed by atoms with Crippen molar-refractivity contribution in [2.45, 2.75) is 13.5 Å². The second kappa shape index (κ2) is 4.66. The smallest absolute Gasteiger partial charge is 0.213 e. The van der Waals surface area contributed by atoms with E-state index in [2.05, 4.69) is 9.97 Å². The highest BCUT2D eigenvalue weighted by atomic mass is 16.5. The average molecular weight is 228 g/mol. The maximum Gasteiger partial charge on any atom is 0.213 e. The van der Waals surface area contributed by atoms with Crippen LogP contribution in [0.5, 0.6) is 5.75 Å². The quantitative estimate of drug-likeness (QED) is 0.798. The van der Waals surface area contributed by atoms with Crippen LogP contribution >= 0.6 is 0 Å². The van der Waals surface area contributed by atoms with Gasteiger partial charge in [0.1, 0.15) is 11.8 Å². The second-order valence-electron chi connectivity index (χ2n) is 3.63. The van der Waals surface area contributed by atoms with Gasteiger partial charge in [0.15, 0.2) is 0 Å². The molecule has 0 atom stereocenters. The van der Waals surface area contributed by atoms with Crippen LogP contribution in [0.2, 0.25) is 0 Å². The van der Waals surface area contributed by atoms with Crippen molar-refractivity contribution in [2.24, 2.45) is 0 Å². The lowest BCUT2D eigenvalue weighted by molar-refractivity contribution is 0.413. The van der Waals surface area contributed by atoms with E-state index in [9.17, 15) is 0 Å². The Morgan fingerprint density at radius 3 is 3.00 bits per heavy atom. The molecule has 0 aromatic carbocycles. The molecule has 0 unspecified atom stereocenters. The minimum Gasteiger partial charge on any atom is -0.497 e. The van der Waals surface area contributed by atoms with Crippen molar-refractivity contribution in [2.75, 3.05) is 7.11 Å². The molecule has 5 heteroatoms. The molecule has 0 aliphatic heterocycles. The van der Waals surface area contributed by atoms with Gasteiger partial charge in [-0.05, 0) is 6.92 Å². The largest absolute Gasteiger partial charge is 0.497 e. The lowest BCUT2D eigenvalue weighted by atomic mass is 10.3. The molecule has 0 fully saturated rings. The van der Waals surface area contributed by atoms with E-state index >= 15 is 0 Å². The minimum absolute atomic E-state index is 0.382. The van der Waals surface area contributed by atoms with E-state index in [0.717, 1.165) is 17.1 Å². The standard InChI is InChI=1S/C12H12N4O/c1-9-5-11(17-2)6-10(15-9)8-16-4-3-14-12(16)7-13/h3-6H,8H2,1-2H3. The van der Waals surface area contributed by atoms with Crippen molar-refractivity contribution >= 4 is 0 Å². The van der Waals surface area contributed by atoms with Crippen molar-refractivity contribution < 1.29 is 4.74 Å². The lowest BCUT2D eigenvalue weighted by Gasteiger charge is -2.07. The predicted octanol–water partition coefficient (Wildman–Crippen LogP) is 1.52. The van der Waals surface area contributed by atoms with Crippen molar-refractivity contribution in [3.05, 3.63) is 41.7 Å². The fourth-order valence-corrected chi connectivity index (χ4v) is 1.63. The minimum atomic E-state index is 0.382. The Balaban J connectivity index is 2.30. The number of imidazole rings is 1. The molecule has 0 saturated carbocycles. The molecular weight excluding hydrogens is 216 g/mol. The molecule has 0 aliphatic carbocycles. The summed E-state index contributed by atoms with van der Waals surface area (Å²) in [5.74, 6) is 1.15. The van der Waals surface area contributed by atoms with Crippen LogP contribution in [0.15, 0.2) is 24.5 Å². The van der Waals surface area contributed by atoms with Crippen LogP contribution in [-0.4, -0.2) is 21.6 Å². The Bertz CT molecular complexity index is 568. The molecule has 0 N–H and O–H groups in total. The van der Waals surface area contributed by atoms with Gasteiger partial charge in [-0.15, -0.1) is 0 Å². The predicted molar refractivity (Wildman–Crippen MR) is 61.6 cm³/mol. The van der Waals surface area contributed by atoms with Gasteiger partial charge < -0.3 is 9.30 Å². The Labute approximate surface area is 99.3 Å². The maximum atomic E-state index is 8.86. The van der Waals surface area contributed by atoms with Gasteiger partial charge >= 0.3 is 0 Å². The summed E-state index contributed by atoms with van der Waals surface area (Å²) in [6.07, 6.45) is 3.36. The van der Waals surface area contributed by atoms with Crippen LogP contribution in [0, 0.1) is 18.3 Å². The van der Waals surface area contributed by atoms with Crippen LogP contribution in [0.3, 0.4) is 0 Å². The van der Waals surface area contributed by atoms with Gasteiger partial charge in [0.05, 0.1) is 19.3 Å². The molecule has 5 nitrogen and oxygen atoms in total. The molecule has 0 saturated heterocycles. The highest BCUT2D eigenvalue weighted by Gasteiger charge is 2.05. The first-order chi connectivity index (χ1) is 8.22. The number of nitriles is 1. The van der Waals surface area contributed by atoms with E-state index in [4.69, 9.17) is 10.00 Å². The molecule has 2 aromatic heterocycles. The number of pyridine rings is 1. The summed E-state index contributed by atoms with van der Waals surface area (Å²) in [6, 6.07) is 5.75. The summed E-state index contributed by atoms with van der Waals surface area (Å²) >= 11 is 0. The van der Waals surface area contributed by atoms with E-state index < -0.39 is 0 Å². The van der Waals surface area contributed by atoms with Crippen LogP contribution in [0.1, 0.15) is 17.2 Å². The lowest BCUT2D eigenvalue weighted by Crippen LogP contribution is -2.04. The number of nitrogens with zero attached hydrogens (tertiary/aromatic N) is 4. The third kappa shape index (κ3) is 2.42. The number of rotatable bonds is 3. The zero-order chi connectivity index (χ0) is 12.3. The summed E-state index contributed by atoms with van der Waals surface area (Å²) < 4.78 is 6.93. The van der Waals surface area contributed by atoms with E-state index in [1.165, 1.54) is 0 Å². The average Bonchev–Trinajstić information content (AvgIpc) is 2.75. The van der Waals surface area contributed by atoms with Crippen LogP contribution < -0.4 is 4.74 Å². The summed E-state index contributed by atoms with van der Waals surface area (Å²) in [5, 5.41) is 8.86. The molecule has 86 valence electrons. The molecule has 0 aliphatic rings. The van der Waals surface area contributed by atoms with Crippen molar-refractivity contribution in [1.82, 2.24) is 14.5 Å². The zero-order valence-corrected chi connectivity index (χ0v) is 9.71. The Hall–Kier alpha value is -2.35. The van der Waals surface area contributed by atoms with E-state index in [1.807, 2.05) is 25.1 Å². The van der Waals surface area contributed by atoms with Gasteiger partial charge in [-0.1, -0.05) is 0 Å². The maximum absolute atomic E-state index is 8.86. The Morgan fingerprint density at radius 1 is 1.47 bits per heavy atom. The third-order valence-electron chi connectivity index (χ3n) is 2.36. The summed E-state index contributed by atoms with van der Waals surface area (Å²) in [4.78, 5) is 8.33. The number of hydrogen-bond acceptors (Lipinski definition) is 4. The summed E-state index contributed by atoms with van der Waals surface area (Å²) in [7, 11) is 1.62. The number of aromatic nitrogens is 3. The second-order valence-corrected chi connectivity index (χ2v) is 3.63. The van der Waals surface area contributed by atoms with Crippen molar-refractivity contribution in [3.8, 4) is 11.8 Å². The molecular formula is C12H12N4O. The first-order valence-electron chi connectivity index (χ1n) is 5.15. The number of aryl methyl sites for hydroxylation is 1. The van der Waals surface area contributed by atoms with E-state index in [-0.39, 0.29) is 0 Å². The van der Waals surface area contributed by atoms with Gasteiger partial charge in [0.2, 0.25) is 5.82 Å². The first-order valence-corrected chi connectivity index (χ1v) is 5.15. The van der Waals surface area contributed by atoms with Gasteiger partial charge in [0.25, 0.3) is 0 Å². The van der Waals surface area contributed by atoms with Gasteiger partial charge in [-0.2, -0.15) is 5.26 Å². The normalized spacial score (nSPS) is 9.94. The monoisotopic (exact) mass is 228 g/mol. The van der Waals surface area contributed by atoms with Gasteiger partial charge in [0, 0.05) is 30.2 Å². The summed E-state index contributed by atoms with van der Waals surface area (Å²) in [5.41, 5.74) is 1.73. The molecule has 0 amide bonds. The topological polar surface area (TPSA) is 63.7 Å². The van der Waals surface area contributed by atoms with Crippen molar-refractivity contribution in [1.29, 1.82) is 5.26 Å². The van der Waals surface area contributed by atoms with Crippen LogP contribution in [0.25, 0.3) is 0 Å². The van der Waals surface area contributed by atoms with Crippen LogP contribution in [0.4, 0.5) is 0 Å². The van der Waals surface area contributed by atoms with Crippen LogP contribution in [-0.2, 0) is 6.54 Å². The van der Waals surface area contributed by atoms with Gasteiger partial charge in [-0.25, -0.2) is 4.98 Å². The zero-order valence-electron chi connectivity index (χ0n) is 9.71. The Kier molecular flexibility index (Phi) is 3.06. The number of hydrogen-bond donors (Lipinski definition) is 0. The first kappa shape index (κ1) is 11.1. The molecule has 17 heavy (non-hydrogen) atoms. The van der Waals surface area contributed by atoms with Gasteiger partial charge in [-0.3, -0.25) is 4.98 Å². The molecule has 0 spiro atoms.